The molecule has 2 rings (SSSR count). The molecule has 0 bridgehead atoms. The van der Waals surface area contributed by atoms with E-state index in [0.717, 1.165) is 17.8 Å². The molecule has 0 spiro atoms. The van der Waals surface area contributed by atoms with Crippen LogP contribution in [-0.4, -0.2) is 31.3 Å². The highest BCUT2D eigenvalue weighted by Gasteiger charge is 2.25. The fraction of sp³-hybridized carbons (Fsp3) is 0.615. The number of ether oxygens (including phenoxy) is 1. The maximum Gasteiger partial charge on any atom is 0.0738 e. The van der Waals surface area contributed by atoms with Crippen LogP contribution in [0.3, 0.4) is 0 Å². The number of hydrogen-bond acceptors (Lipinski definition) is 4. The number of nitrogen functional groups attached to an aromatic ring is 1. The highest BCUT2D eigenvalue weighted by Crippen LogP contribution is 2.29. The first-order valence-electron chi connectivity index (χ1n) is 6.17. The van der Waals surface area contributed by atoms with Gasteiger partial charge in [0, 0.05) is 26.4 Å². The van der Waals surface area contributed by atoms with Crippen LogP contribution in [0.15, 0.2) is 18.5 Å². The lowest BCUT2D eigenvalue weighted by Crippen LogP contribution is -2.38. The third kappa shape index (κ3) is 2.69. The van der Waals surface area contributed by atoms with E-state index in [-0.39, 0.29) is 0 Å². The van der Waals surface area contributed by atoms with E-state index in [0.29, 0.717) is 12.1 Å². The predicted molar refractivity (Wildman–Crippen MR) is 70.1 cm³/mol. The summed E-state index contributed by atoms with van der Waals surface area (Å²) in [5, 5.41) is 0. The Morgan fingerprint density at radius 3 is 3.00 bits per heavy atom. The maximum absolute atomic E-state index is 5.96. The zero-order valence-electron chi connectivity index (χ0n) is 10.6. The van der Waals surface area contributed by atoms with Crippen LogP contribution in [0.2, 0.25) is 0 Å². The lowest BCUT2D eigenvalue weighted by Gasteiger charge is -2.36. The summed E-state index contributed by atoms with van der Waals surface area (Å²) in [4.78, 5) is 6.29. The van der Waals surface area contributed by atoms with Crippen molar-refractivity contribution in [2.45, 2.75) is 37.8 Å². The smallest absolute Gasteiger partial charge is 0.0738 e. The Kier molecular flexibility index (Phi) is 3.84. The molecule has 4 nitrogen and oxygen atoms in total. The van der Waals surface area contributed by atoms with E-state index in [9.17, 15) is 0 Å². The zero-order chi connectivity index (χ0) is 12.3. The van der Waals surface area contributed by atoms with Crippen LogP contribution in [-0.2, 0) is 4.74 Å². The molecule has 0 saturated heterocycles. The molecule has 0 aromatic carbocycles. The van der Waals surface area contributed by atoms with E-state index in [4.69, 9.17) is 10.5 Å². The molecule has 1 aliphatic rings. The molecular formula is C13H21N3O. The number of hydrogen-bond donors (Lipinski definition) is 1. The highest BCUT2D eigenvalue weighted by molar-refractivity contribution is 5.66. The van der Waals surface area contributed by atoms with Gasteiger partial charge in [0.1, 0.15) is 0 Å². The molecule has 1 fully saturated rings. The van der Waals surface area contributed by atoms with Gasteiger partial charge in [0.05, 0.1) is 23.7 Å². The van der Waals surface area contributed by atoms with Gasteiger partial charge in [-0.2, -0.15) is 0 Å². The van der Waals surface area contributed by atoms with Gasteiger partial charge in [-0.05, 0) is 31.7 Å². The fourth-order valence-electron chi connectivity index (χ4n) is 2.60. The molecule has 4 heteroatoms. The third-order valence-corrected chi connectivity index (χ3v) is 3.69. The van der Waals surface area contributed by atoms with E-state index >= 15 is 0 Å². The molecule has 94 valence electrons. The Hall–Kier alpha value is -1.29. The summed E-state index contributed by atoms with van der Waals surface area (Å²) >= 11 is 0. The Morgan fingerprint density at radius 1 is 1.47 bits per heavy atom. The lowest BCUT2D eigenvalue weighted by molar-refractivity contribution is 0.0637. The normalized spacial score (nSPS) is 24.6. The maximum atomic E-state index is 5.96. The number of pyridine rings is 1. The van der Waals surface area contributed by atoms with Gasteiger partial charge >= 0.3 is 0 Å². The molecule has 1 saturated carbocycles. The van der Waals surface area contributed by atoms with Crippen molar-refractivity contribution < 1.29 is 4.74 Å². The summed E-state index contributed by atoms with van der Waals surface area (Å²) in [5.41, 5.74) is 7.78. The molecular weight excluding hydrogens is 214 g/mol. The monoisotopic (exact) mass is 235 g/mol. The van der Waals surface area contributed by atoms with Crippen LogP contribution < -0.4 is 10.6 Å². The van der Waals surface area contributed by atoms with Crippen molar-refractivity contribution in [2.24, 2.45) is 0 Å². The first-order valence-corrected chi connectivity index (χ1v) is 6.17. The molecule has 0 aliphatic heterocycles. The van der Waals surface area contributed by atoms with E-state index in [1.54, 1.807) is 19.5 Å². The molecule has 0 radical (unpaired) electrons. The van der Waals surface area contributed by atoms with Crippen LogP contribution >= 0.6 is 0 Å². The van der Waals surface area contributed by atoms with Gasteiger partial charge in [0.15, 0.2) is 0 Å². The summed E-state index contributed by atoms with van der Waals surface area (Å²) in [6.07, 6.45) is 8.57. The molecule has 1 aromatic rings. The van der Waals surface area contributed by atoms with Gasteiger partial charge in [0.25, 0.3) is 0 Å². The largest absolute Gasteiger partial charge is 0.396 e. The Bertz CT molecular complexity index is 369. The van der Waals surface area contributed by atoms with Gasteiger partial charge in [-0.3, -0.25) is 4.98 Å². The molecule has 1 aliphatic carbocycles. The summed E-state index contributed by atoms with van der Waals surface area (Å²) in [5.74, 6) is 0. The highest BCUT2D eigenvalue weighted by atomic mass is 16.5. The minimum absolute atomic E-state index is 0.388. The molecule has 17 heavy (non-hydrogen) atoms. The van der Waals surface area contributed by atoms with Crippen LogP contribution in [0.5, 0.6) is 0 Å². The third-order valence-electron chi connectivity index (χ3n) is 3.69. The van der Waals surface area contributed by atoms with Crippen molar-refractivity contribution in [3.8, 4) is 0 Å². The minimum Gasteiger partial charge on any atom is -0.396 e. The van der Waals surface area contributed by atoms with E-state index < -0.39 is 0 Å². The second-order valence-electron chi connectivity index (χ2n) is 4.72. The number of rotatable bonds is 3. The van der Waals surface area contributed by atoms with Crippen molar-refractivity contribution in [3.63, 3.8) is 0 Å². The van der Waals surface area contributed by atoms with Crippen molar-refractivity contribution in [3.05, 3.63) is 18.5 Å². The number of nitrogens with two attached hydrogens (primary N) is 1. The Morgan fingerprint density at radius 2 is 2.29 bits per heavy atom. The minimum atomic E-state index is 0.388. The van der Waals surface area contributed by atoms with E-state index in [2.05, 4.69) is 16.9 Å². The van der Waals surface area contributed by atoms with Crippen LogP contribution in [0.1, 0.15) is 25.7 Å². The van der Waals surface area contributed by atoms with Gasteiger partial charge in [-0.1, -0.05) is 0 Å². The average molecular weight is 235 g/mol. The summed E-state index contributed by atoms with van der Waals surface area (Å²) in [7, 11) is 3.91. The summed E-state index contributed by atoms with van der Waals surface area (Å²) < 4.78 is 5.47. The lowest BCUT2D eigenvalue weighted by atomic mass is 9.91. The molecule has 1 aromatic heterocycles. The van der Waals surface area contributed by atoms with Crippen LogP contribution in [0.25, 0.3) is 0 Å². The van der Waals surface area contributed by atoms with E-state index in [1.165, 1.54) is 19.3 Å². The standard InChI is InChI=1S/C13H21N3O/c1-16(13-6-7-15-9-12(13)14)10-4-3-5-11(8-10)17-2/h6-7,9-11H,3-5,8,14H2,1-2H3. The molecule has 2 atom stereocenters. The number of methoxy groups -OCH3 is 1. The summed E-state index contributed by atoms with van der Waals surface area (Å²) in [6.45, 7) is 0. The SMILES string of the molecule is COC1CCCC(N(C)c2ccncc2N)C1. The first kappa shape index (κ1) is 12.2. The van der Waals surface area contributed by atoms with Gasteiger partial charge in [0.2, 0.25) is 0 Å². The summed E-state index contributed by atoms with van der Waals surface area (Å²) in [6, 6.07) is 2.49. The number of nitrogens with zero attached hydrogens (tertiary/aromatic N) is 2. The van der Waals surface area contributed by atoms with Crippen molar-refractivity contribution in [1.29, 1.82) is 0 Å². The van der Waals surface area contributed by atoms with Gasteiger partial charge < -0.3 is 15.4 Å². The number of aromatic nitrogens is 1. The number of anilines is 2. The quantitative estimate of drug-likeness (QED) is 0.871. The Labute approximate surface area is 103 Å². The van der Waals surface area contributed by atoms with Crippen molar-refractivity contribution >= 4 is 11.4 Å². The zero-order valence-corrected chi connectivity index (χ0v) is 10.6. The Balaban J connectivity index is 2.09. The second-order valence-corrected chi connectivity index (χ2v) is 4.72. The average Bonchev–Trinajstić information content (AvgIpc) is 2.38. The van der Waals surface area contributed by atoms with Crippen molar-refractivity contribution in [1.82, 2.24) is 4.98 Å². The molecule has 0 amide bonds. The van der Waals surface area contributed by atoms with Crippen LogP contribution in [0.4, 0.5) is 11.4 Å². The van der Waals surface area contributed by atoms with E-state index in [1.807, 2.05) is 6.07 Å². The van der Waals surface area contributed by atoms with Gasteiger partial charge in [-0.15, -0.1) is 0 Å². The first-order chi connectivity index (χ1) is 8.22. The second kappa shape index (κ2) is 5.36. The topological polar surface area (TPSA) is 51.4 Å². The molecule has 2 N–H and O–H groups in total. The fourth-order valence-corrected chi connectivity index (χ4v) is 2.60. The van der Waals surface area contributed by atoms with Gasteiger partial charge in [-0.25, -0.2) is 0 Å². The van der Waals surface area contributed by atoms with Crippen molar-refractivity contribution in [2.75, 3.05) is 24.8 Å². The van der Waals surface area contributed by atoms with Crippen LogP contribution in [0, 0.1) is 0 Å². The molecule has 2 unspecified atom stereocenters. The molecule has 1 heterocycles. The predicted octanol–water partition coefficient (Wildman–Crippen LogP) is 2.06.